The maximum absolute atomic E-state index is 12.6. The van der Waals surface area contributed by atoms with Crippen molar-refractivity contribution < 1.29 is 9.21 Å². The van der Waals surface area contributed by atoms with Crippen molar-refractivity contribution in [2.24, 2.45) is 0 Å². The summed E-state index contributed by atoms with van der Waals surface area (Å²) in [6.07, 6.45) is 2.66. The van der Waals surface area contributed by atoms with Gasteiger partial charge in [-0.05, 0) is 42.3 Å². The zero-order chi connectivity index (χ0) is 17.9. The number of carbonyl (C=O) groups is 1. The van der Waals surface area contributed by atoms with Crippen molar-refractivity contribution in [3.63, 3.8) is 0 Å². The first kappa shape index (κ1) is 16.7. The molecule has 26 heavy (non-hydrogen) atoms. The third-order valence-electron chi connectivity index (χ3n) is 4.75. The van der Waals surface area contributed by atoms with Crippen LogP contribution in [0.4, 0.5) is 5.69 Å². The smallest absolute Gasteiger partial charge is 0.252 e. The van der Waals surface area contributed by atoms with Crippen molar-refractivity contribution in [3.8, 4) is 0 Å². The Bertz CT molecular complexity index is 908. The summed E-state index contributed by atoms with van der Waals surface area (Å²) in [4.78, 5) is 14.8. The molecule has 0 bridgehead atoms. The average Bonchev–Trinajstić information content (AvgIpc) is 3.33. The fourth-order valence-corrected chi connectivity index (χ4v) is 3.68. The molecule has 0 fully saturated rings. The first-order chi connectivity index (χ1) is 12.7. The Kier molecular flexibility index (Phi) is 4.67. The molecule has 3 aromatic rings. The minimum absolute atomic E-state index is 0.0694. The number of nitrogens with one attached hydrogen (secondary N) is 1. The van der Waals surface area contributed by atoms with Crippen LogP contribution in [0.3, 0.4) is 0 Å². The van der Waals surface area contributed by atoms with E-state index in [1.54, 1.807) is 18.4 Å². The van der Waals surface area contributed by atoms with E-state index in [1.165, 1.54) is 11.3 Å². The number of rotatable bonds is 5. The highest BCUT2D eigenvalue weighted by Gasteiger charge is 2.29. The zero-order valence-electron chi connectivity index (χ0n) is 14.2. The first-order valence-electron chi connectivity index (χ1n) is 8.65. The first-order valence-corrected chi connectivity index (χ1v) is 9.02. The van der Waals surface area contributed by atoms with Crippen LogP contribution in [0.15, 0.2) is 71.3 Å². The summed E-state index contributed by atoms with van der Waals surface area (Å²) < 4.78 is 5.67. The molecular weight excluding hydrogens is 348 g/mol. The van der Waals surface area contributed by atoms with Gasteiger partial charge in [-0.25, -0.2) is 0 Å². The van der Waals surface area contributed by atoms with Crippen molar-refractivity contribution in [1.29, 1.82) is 0 Å². The highest BCUT2D eigenvalue weighted by molar-refractivity contribution is 6.33. The highest BCUT2D eigenvalue weighted by Crippen LogP contribution is 2.35. The van der Waals surface area contributed by atoms with Crippen molar-refractivity contribution in [1.82, 2.24) is 5.32 Å². The molecule has 5 heteroatoms. The molecule has 0 saturated heterocycles. The fraction of sp³-hybridized carbons (Fsp3) is 0.190. The van der Waals surface area contributed by atoms with E-state index in [2.05, 4.69) is 28.4 Å². The van der Waals surface area contributed by atoms with Gasteiger partial charge in [0.25, 0.3) is 5.91 Å². The van der Waals surface area contributed by atoms with Crippen LogP contribution in [0.1, 0.15) is 27.7 Å². The molecule has 1 aromatic heterocycles. The van der Waals surface area contributed by atoms with Gasteiger partial charge in [0.15, 0.2) is 0 Å². The normalized spacial score (nSPS) is 14.1. The molecule has 1 aliphatic rings. The molecule has 1 N–H and O–H groups in total. The van der Waals surface area contributed by atoms with E-state index in [0.29, 0.717) is 17.1 Å². The predicted molar refractivity (Wildman–Crippen MR) is 103 cm³/mol. The molecule has 0 aliphatic carbocycles. The summed E-state index contributed by atoms with van der Waals surface area (Å²) in [6, 6.07) is 19.2. The van der Waals surface area contributed by atoms with Crippen molar-refractivity contribution >= 4 is 23.2 Å². The predicted octanol–water partition coefficient (Wildman–Crippen LogP) is 4.47. The van der Waals surface area contributed by atoms with Gasteiger partial charge >= 0.3 is 0 Å². The molecule has 2 aromatic carbocycles. The number of nitrogens with zero attached hydrogens (tertiary/aromatic N) is 1. The monoisotopic (exact) mass is 366 g/mol. The van der Waals surface area contributed by atoms with E-state index >= 15 is 0 Å². The fourth-order valence-electron chi connectivity index (χ4n) is 3.46. The molecule has 1 amide bonds. The van der Waals surface area contributed by atoms with Gasteiger partial charge in [-0.15, -0.1) is 0 Å². The molecule has 1 atom stereocenters. The lowest BCUT2D eigenvalue weighted by atomic mass is 10.1. The Morgan fingerprint density at radius 1 is 1.12 bits per heavy atom. The van der Waals surface area contributed by atoms with Gasteiger partial charge in [-0.1, -0.05) is 41.9 Å². The summed E-state index contributed by atoms with van der Waals surface area (Å²) in [7, 11) is 0. The Morgan fingerprint density at radius 3 is 2.73 bits per heavy atom. The number of hydrogen-bond donors (Lipinski definition) is 1. The SMILES string of the molecule is O=C(NC[C@@H](c1ccco1)N1CCc2ccccc21)c1ccccc1Cl. The number of hydrogen-bond acceptors (Lipinski definition) is 3. The highest BCUT2D eigenvalue weighted by atomic mass is 35.5. The van der Waals surface area contributed by atoms with Gasteiger partial charge in [0, 0.05) is 18.8 Å². The van der Waals surface area contributed by atoms with E-state index in [4.69, 9.17) is 16.0 Å². The van der Waals surface area contributed by atoms with Crippen LogP contribution in [0, 0.1) is 0 Å². The number of carbonyl (C=O) groups excluding carboxylic acids is 1. The number of furan rings is 1. The third-order valence-corrected chi connectivity index (χ3v) is 5.07. The Balaban J connectivity index is 1.56. The topological polar surface area (TPSA) is 45.5 Å². The second-order valence-electron chi connectivity index (χ2n) is 6.29. The maximum Gasteiger partial charge on any atom is 0.252 e. The Hall–Kier alpha value is -2.72. The Labute approximate surface area is 157 Å². The Morgan fingerprint density at radius 2 is 1.92 bits per heavy atom. The van der Waals surface area contributed by atoms with E-state index in [0.717, 1.165) is 18.7 Å². The lowest BCUT2D eigenvalue weighted by molar-refractivity contribution is 0.0950. The molecule has 2 heterocycles. The summed E-state index contributed by atoms with van der Waals surface area (Å²) in [5.74, 6) is 0.654. The minimum atomic E-state index is -0.181. The number of fused-ring (bicyclic) bond motifs is 1. The molecule has 0 spiro atoms. The van der Waals surface area contributed by atoms with Crippen LogP contribution in [0.5, 0.6) is 0 Å². The molecular formula is C21H19ClN2O2. The number of amides is 1. The zero-order valence-corrected chi connectivity index (χ0v) is 14.9. The van der Waals surface area contributed by atoms with Crippen LogP contribution < -0.4 is 10.2 Å². The van der Waals surface area contributed by atoms with Crippen molar-refractivity contribution in [2.75, 3.05) is 18.0 Å². The molecule has 0 radical (unpaired) electrons. The van der Waals surface area contributed by atoms with Gasteiger partial charge in [0.2, 0.25) is 0 Å². The van der Waals surface area contributed by atoms with Crippen LogP contribution >= 0.6 is 11.6 Å². The quantitative estimate of drug-likeness (QED) is 0.724. The molecule has 4 nitrogen and oxygen atoms in total. The van der Waals surface area contributed by atoms with E-state index in [1.807, 2.05) is 30.3 Å². The number of para-hydroxylation sites is 1. The summed E-state index contributed by atoms with van der Waals surface area (Å²) in [6.45, 7) is 1.33. The van der Waals surface area contributed by atoms with Gasteiger partial charge in [-0.3, -0.25) is 4.79 Å². The van der Waals surface area contributed by atoms with Crippen LogP contribution in [-0.2, 0) is 6.42 Å². The molecule has 0 saturated carbocycles. The van der Waals surface area contributed by atoms with E-state index in [9.17, 15) is 4.79 Å². The van der Waals surface area contributed by atoms with E-state index < -0.39 is 0 Å². The summed E-state index contributed by atoms with van der Waals surface area (Å²) in [5.41, 5.74) is 3.00. The number of halogens is 1. The second-order valence-corrected chi connectivity index (χ2v) is 6.70. The van der Waals surface area contributed by atoms with E-state index in [-0.39, 0.29) is 11.9 Å². The lowest BCUT2D eigenvalue weighted by Gasteiger charge is -2.29. The van der Waals surface area contributed by atoms with Crippen LogP contribution in [0.2, 0.25) is 5.02 Å². The molecule has 132 valence electrons. The van der Waals surface area contributed by atoms with Gasteiger partial charge in [0.05, 0.1) is 16.8 Å². The van der Waals surface area contributed by atoms with Gasteiger partial charge in [-0.2, -0.15) is 0 Å². The second kappa shape index (κ2) is 7.26. The summed E-state index contributed by atoms with van der Waals surface area (Å²) in [5, 5.41) is 3.46. The average molecular weight is 367 g/mol. The van der Waals surface area contributed by atoms with Gasteiger partial charge in [0.1, 0.15) is 11.8 Å². The van der Waals surface area contributed by atoms with Crippen LogP contribution in [0.25, 0.3) is 0 Å². The van der Waals surface area contributed by atoms with Crippen molar-refractivity contribution in [3.05, 3.63) is 88.8 Å². The molecule has 1 aliphatic heterocycles. The maximum atomic E-state index is 12.6. The minimum Gasteiger partial charge on any atom is -0.467 e. The molecule has 0 unspecified atom stereocenters. The molecule has 4 rings (SSSR count). The largest absolute Gasteiger partial charge is 0.467 e. The van der Waals surface area contributed by atoms with Crippen molar-refractivity contribution in [2.45, 2.75) is 12.5 Å². The van der Waals surface area contributed by atoms with Gasteiger partial charge < -0.3 is 14.6 Å². The number of anilines is 1. The standard InChI is InChI=1S/C21H19ClN2O2/c22-17-8-3-2-7-16(17)21(25)23-14-19(20-10-5-13-26-20)24-12-11-15-6-1-4-9-18(15)24/h1-10,13,19H,11-12,14H2,(H,23,25)/t19-/m0/s1. The number of benzene rings is 2. The lowest BCUT2D eigenvalue weighted by Crippen LogP contribution is -2.37. The van der Waals surface area contributed by atoms with Crippen LogP contribution in [-0.4, -0.2) is 19.0 Å². The summed E-state index contributed by atoms with van der Waals surface area (Å²) >= 11 is 6.14. The third kappa shape index (κ3) is 3.20.